The third-order valence-corrected chi connectivity index (χ3v) is 2.63. The first-order chi connectivity index (χ1) is 8.20. The molecule has 1 aromatic carbocycles. The first kappa shape index (κ1) is 11.5. The van der Waals surface area contributed by atoms with Crippen LogP contribution >= 0.6 is 0 Å². The molecule has 1 atom stereocenters. The number of nitrogens with zero attached hydrogens (tertiary/aromatic N) is 1. The Morgan fingerprint density at radius 1 is 1.47 bits per heavy atom. The van der Waals surface area contributed by atoms with Crippen LogP contribution in [0, 0.1) is 0 Å². The minimum absolute atomic E-state index is 0.392. The van der Waals surface area contributed by atoms with Crippen LogP contribution in [0.15, 0.2) is 36.5 Å². The molecular formula is C13H14N2O2. The quantitative estimate of drug-likeness (QED) is 0.807. The molecule has 1 heterocycles. The van der Waals surface area contributed by atoms with E-state index in [9.17, 15) is 4.79 Å². The lowest BCUT2D eigenvalue weighted by atomic mass is 10.0. The summed E-state index contributed by atoms with van der Waals surface area (Å²) in [5.74, 6) is -0.392. The lowest BCUT2D eigenvalue weighted by molar-refractivity contribution is -0.142. The van der Waals surface area contributed by atoms with Crippen LogP contribution in [0.3, 0.4) is 0 Å². The molecule has 17 heavy (non-hydrogen) atoms. The maximum Gasteiger partial charge on any atom is 0.322 e. The van der Waals surface area contributed by atoms with Gasteiger partial charge in [0.1, 0.15) is 6.04 Å². The monoisotopic (exact) mass is 230 g/mol. The van der Waals surface area contributed by atoms with Gasteiger partial charge in [-0.1, -0.05) is 12.1 Å². The van der Waals surface area contributed by atoms with Crippen LogP contribution in [0.5, 0.6) is 0 Å². The number of benzene rings is 1. The highest BCUT2D eigenvalue weighted by atomic mass is 16.5. The average molecular weight is 230 g/mol. The fraction of sp³-hybridized carbons (Fsp3) is 0.231. The number of pyridine rings is 1. The molecule has 0 radical (unpaired) electrons. The topological polar surface area (TPSA) is 65.2 Å². The van der Waals surface area contributed by atoms with Crippen molar-refractivity contribution in [3.05, 3.63) is 42.1 Å². The molecule has 1 unspecified atom stereocenters. The van der Waals surface area contributed by atoms with Gasteiger partial charge in [0.2, 0.25) is 0 Å². The van der Waals surface area contributed by atoms with Crippen LogP contribution < -0.4 is 5.73 Å². The van der Waals surface area contributed by atoms with Crippen molar-refractivity contribution in [2.45, 2.75) is 12.5 Å². The van der Waals surface area contributed by atoms with Gasteiger partial charge in [0.25, 0.3) is 0 Å². The van der Waals surface area contributed by atoms with Crippen molar-refractivity contribution < 1.29 is 9.53 Å². The lowest BCUT2D eigenvalue weighted by Gasteiger charge is -2.09. The molecule has 0 saturated carbocycles. The molecule has 0 saturated heterocycles. The van der Waals surface area contributed by atoms with Crippen LogP contribution in [-0.4, -0.2) is 24.1 Å². The van der Waals surface area contributed by atoms with Crippen molar-refractivity contribution in [2.24, 2.45) is 5.73 Å². The molecule has 0 amide bonds. The van der Waals surface area contributed by atoms with E-state index in [1.807, 2.05) is 30.3 Å². The molecule has 0 spiro atoms. The van der Waals surface area contributed by atoms with Crippen LogP contribution in [0.1, 0.15) is 5.56 Å². The molecule has 2 rings (SSSR count). The van der Waals surface area contributed by atoms with Gasteiger partial charge in [0.05, 0.1) is 12.6 Å². The molecule has 0 aliphatic heterocycles. The third-order valence-electron chi connectivity index (χ3n) is 2.63. The van der Waals surface area contributed by atoms with Crippen molar-refractivity contribution in [3.8, 4) is 0 Å². The molecule has 0 aliphatic rings. The number of carbonyl (C=O) groups excluding carboxylic acids is 1. The largest absolute Gasteiger partial charge is 0.468 e. The van der Waals surface area contributed by atoms with E-state index in [1.165, 1.54) is 7.11 Å². The minimum atomic E-state index is -0.617. The fourth-order valence-corrected chi connectivity index (χ4v) is 1.74. The first-order valence-electron chi connectivity index (χ1n) is 5.38. The van der Waals surface area contributed by atoms with E-state index in [0.29, 0.717) is 6.42 Å². The van der Waals surface area contributed by atoms with Gasteiger partial charge in [-0.15, -0.1) is 0 Å². The normalized spacial score (nSPS) is 12.4. The summed E-state index contributed by atoms with van der Waals surface area (Å²) in [5, 5.41) is 1.04. The van der Waals surface area contributed by atoms with Gasteiger partial charge in [0.15, 0.2) is 0 Å². The Morgan fingerprint density at radius 2 is 2.29 bits per heavy atom. The third kappa shape index (κ3) is 2.60. The number of carbonyl (C=O) groups is 1. The molecule has 2 N–H and O–H groups in total. The molecule has 0 fully saturated rings. The minimum Gasteiger partial charge on any atom is -0.468 e. The summed E-state index contributed by atoms with van der Waals surface area (Å²) < 4.78 is 4.60. The molecule has 1 aromatic heterocycles. The number of hydrogen-bond donors (Lipinski definition) is 1. The number of fused-ring (bicyclic) bond motifs is 1. The maximum absolute atomic E-state index is 11.2. The zero-order chi connectivity index (χ0) is 12.3. The first-order valence-corrected chi connectivity index (χ1v) is 5.38. The Bertz CT molecular complexity index is 540. The second-order valence-electron chi connectivity index (χ2n) is 3.86. The summed E-state index contributed by atoms with van der Waals surface area (Å²) in [5.41, 5.74) is 7.65. The number of rotatable bonds is 3. The SMILES string of the molecule is COC(=O)C(N)Cc1ccc2ncccc2c1. The number of esters is 1. The predicted molar refractivity (Wildman–Crippen MR) is 65.4 cm³/mol. The van der Waals surface area contributed by atoms with Gasteiger partial charge in [0, 0.05) is 11.6 Å². The van der Waals surface area contributed by atoms with Crippen molar-refractivity contribution in [3.63, 3.8) is 0 Å². The second kappa shape index (κ2) is 4.93. The second-order valence-corrected chi connectivity index (χ2v) is 3.86. The number of nitrogens with two attached hydrogens (primary N) is 1. The standard InChI is InChI=1S/C13H14N2O2/c1-17-13(16)11(14)8-9-4-5-12-10(7-9)3-2-6-15-12/h2-7,11H,8,14H2,1H3. The number of methoxy groups -OCH3 is 1. The van der Waals surface area contributed by atoms with E-state index in [0.717, 1.165) is 16.5 Å². The van der Waals surface area contributed by atoms with E-state index in [2.05, 4.69) is 9.72 Å². The van der Waals surface area contributed by atoms with Crippen LogP contribution in [0.2, 0.25) is 0 Å². The summed E-state index contributed by atoms with van der Waals surface area (Å²) in [6.45, 7) is 0. The van der Waals surface area contributed by atoms with Crippen molar-refractivity contribution in [1.82, 2.24) is 4.98 Å². The van der Waals surface area contributed by atoms with Crippen molar-refractivity contribution in [2.75, 3.05) is 7.11 Å². The van der Waals surface area contributed by atoms with E-state index in [-0.39, 0.29) is 0 Å². The molecule has 0 aliphatic carbocycles. The molecule has 4 nitrogen and oxygen atoms in total. The van der Waals surface area contributed by atoms with Crippen molar-refractivity contribution in [1.29, 1.82) is 0 Å². The summed E-state index contributed by atoms with van der Waals surface area (Å²) in [4.78, 5) is 15.5. The summed E-state index contributed by atoms with van der Waals surface area (Å²) in [6, 6.07) is 9.09. The van der Waals surface area contributed by atoms with E-state index >= 15 is 0 Å². The lowest BCUT2D eigenvalue weighted by Crippen LogP contribution is -2.33. The molecule has 0 bridgehead atoms. The van der Waals surface area contributed by atoms with E-state index in [4.69, 9.17) is 5.73 Å². The Balaban J connectivity index is 2.22. The van der Waals surface area contributed by atoms with Gasteiger partial charge in [-0.05, 0) is 30.2 Å². The molecular weight excluding hydrogens is 216 g/mol. The number of ether oxygens (including phenoxy) is 1. The van der Waals surface area contributed by atoms with Gasteiger partial charge in [-0.25, -0.2) is 0 Å². The van der Waals surface area contributed by atoms with Gasteiger partial charge >= 0.3 is 5.97 Å². The molecule has 88 valence electrons. The summed E-state index contributed by atoms with van der Waals surface area (Å²) in [6.07, 6.45) is 2.22. The average Bonchev–Trinajstić information content (AvgIpc) is 2.37. The summed E-state index contributed by atoms with van der Waals surface area (Å²) >= 11 is 0. The van der Waals surface area contributed by atoms with Gasteiger partial charge in [-0.2, -0.15) is 0 Å². The number of hydrogen-bond acceptors (Lipinski definition) is 4. The predicted octanol–water partition coefficient (Wildman–Crippen LogP) is 1.28. The Hall–Kier alpha value is -1.94. The molecule has 4 heteroatoms. The maximum atomic E-state index is 11.2. The zero-order valence-electron chi connectivity index (χ0n) is 9.59. The Kier molecular flexibility index (Phi) is 3.35. The van der Waals surface area contributed by atoms with Crippen LogP contribution in [0.4, 0.5) is 0 Å². The Labute approximate surface area is 99.4 Å². The van der Waals surface area contributed by atoms with Crippen LogP contribution in [0.25, 0.3) is 10.9 Å². The fourth-order valence-electron chi connectivity index (χ4n) is 1.74. The molecule has 2 aromatic rings. The smallest absolute Gasteiger partial charge is 0.322 e. The van der Waals surface area contributed by atoms with Crippen LogP contribution in [-0.2, 0) is 16.0 Å². The van der Waals surface area contributed by atoms with E-state index < -0.39 is 12.0 Å². The Morgan fingerprint density at radius 3 is 3.06 bits per heavy atom. The highest BCUT2D eigenvalue weighted by Gasteiger charge is 2.14. The highest BCUT2D eigenvalue weighted by molar-refractivity contribution is 5.80. The van der Waals surface area contributed by atoms with Gasteiger partial charge in [-0.3, -0.25) is 9.78 Å². The van der Waals surface area contributed by atoms with E-state index in [1.54, 1.807) is 6.20 Å². The zero-order valence-corrected chi connectivity index (χ0v) is 9.59. The highest BCUT2D eigenvalue weighted by Crippen LogP contribution is 2.14. The van der Waals surface area contributed by atoms with Crippen molar-refractivity contribution >= 4 is 16.9 Å². The summed E-state index contributed by atoms with van der Waals surface area (Å²) in [7, 11) is 1.34. The van der Waals surface area contributed by atoms with Gasteiger partial charge < -0.3 is 10.5 Å². The number of aromatic nitrogens is 1.